The molecule has 2 heterocycles. The lowest BCUT2D eigenvalue weighted by Crippen LogP contribution is -2.49. The predicted molar refractivity (Wildman–Crippen MR) is 144 cm³/mol. The first-order valence-electron chi connectivity index (χ1n) is 13.9. The van der Waals surface area contributed by atoms with E-state index in [0.717, 1.165) is 52.2 Å². The summed E-state index contributed by atoms with van der Waals surface area (Å²) in [5.74, 6) is 0. The van der Waals surface area contributed by atoms with Crippen LogP contribution in [-0.4, -0.2) is 100 Å². The van der Waals surface area contributed by atoms with Crippen LogP contribution in [0, 0.1) is 5.41 Å². The molecule has 1 spiro atoms. The first-order valence-corrected chi connectivity index (χ1v) is 13.9. The SMILES string of the molecule is CC(C)(C)OC(=O)N1CCC2(CCN(CCOCCOCCOCCOCc3ccccc3)CC2)CC1. The standard InChI is InChI=1S/C29H48N2O6/c1-28(2,3)37-27(32)31-15-11-29(12-16-31)9-13-30(14-10-29)17-18-33-19-20-34-21-22-35-23-24-36-25-26-7-5-4-6-8-26/h4-8H,9-25H2,1-3H3. The Balaban J connectivity index is 1.10. The quantitative estimate of drug-likeness (QED) is 0.338. The van der Waals surface area contributed by atoms with E-state index in [-0.39, 0.29) is 6.09 Å². The molecule has 0 saturated carbocycles. The normalized spacial score (nSPS) is 18.3. The molecule has 1 aromatic rings. The van der Waals surface area contributed by atoms with Crippen molar-refractivity contribution in [3.63, 3.8) is 0 Å². The number of likely N-dealkylation sites (tertiary alicyclic amines) is 2. The lowest BCUT2D eigenvalue weighted by Gasteiger charge is -2.46. The number of amides is 1. The van der Waals surface area contributed by atoms with E-state index in [0.29, 0.717) is 51.7 Å². The lowest BCUT2D eigenvalue weighted by molar-refractivity contribution is -0.0137. The number of benzene rings is 1. The number of hydrogen-bond acceptors (Lipinski definition) is 7. The van der Waals surface area contributed by atoms with Gasteiger partial charge in [0.25, 0.3) is 0 Å². The van der Waals surface area contributed by atoms with Gasteiger partial charge in [-0.15, -0.1) is 0 Å². The second-order valence-electron chi connectivity index (χ2n) is 11.2. The van der Waals surface area contributed by atoms with Crippen molar-refractivity contribution in [1.82, 2.24) is 9.80 Å². The summed E-state index contributed by atoms with van der Waals surface area (Å²) in [6.07, 6.45) is 4.40. The van der Waals surface area contributed by atoms with Gasteiger partial charge in [0, 0.05) is 19.6 Å². The summed E-state index contributed by atoms with van der Waals surface area (Å²) in [5.41, 5.74) is 1.13. The molecule has 2 aliphatic heterocycles. The van der Waals surface area contributed by atoms with E-state index in [1.165, 1.54) is 18.4 Å². The van der Waals surface area contributed by atoms with Crippen LogP contribution >= 0.6 is 0 Å². The fourth-order valence-electron chi connectivity index (χ4n) is 4.86. The molecule has 1 aromatic carbocycles. The van der Waals surface area contributed by atoms with Crippen LogP contribution < -0.4 is 0 Å². The summed E-state index contributed by atoms with van der Waals surface area (Å²) in [5, 5.41) is 0. The molecular weight excluding hydrogens is 472 g/mol. The molecule has 0 bridgehead atoms. The van der Waals surface area contributed by atoms with Crippen molar-refractivity contribution < 1.29 is 28.5 Å². The van der Waals surface area contributed by atoms with Gasteiger partial charge in [-0.05, 0) is 70.5 Å². The second-order valence-corrected chi connectivity index (χ2v) is 11.2. The Morgan fingerprint density at radius 1 is 0.757 bits per heavy atom. The Labute approximate surface area is 223 Å². The highest BCUT2D eigenvalue weighted by atomic mass is 16.6. The third kappa shape index (κ3) is 11.7. The number of ether oxygens (including phenoxy) is 5. The molecule has 2 fully saturated rings. The second kappa shape index (κ2) is 15.6. The highest BCUT2D eigenvalue weighted by Crippen LogP contribution is 2.41. The van der Waals surface area contributed by atoms with Crippen molar-refractivity contribution >= 4 is 6.09 Å². The molecule has 1 amide bonds. The third-order valence-electron chi connectivity index (χ3n) is 7.17. The van der Waals surface area contributed by atoms with Crippen LogP contribution in [0.15, 0.2) is 30.3 Å². The number of carbonyl (C=O) groups excluding carboxylic acids is 1. The van der Waals surface area contributed by atoms with Crippen LogP contribution in [-0.2, 0) is 30.3 Å². The molecule has 0 atom stereocenters. The third-order valence-corrected chi connectivity index (χ3v) is 7.17. The minimum Gasteiger partial charge on any atom is -0.444 e. The van der Waals surface area contributed by atoms with Gasteiger partial charge in [-0.1, -0.05) is 30.3 Å². The number of piperidine rings is 2. The number of hydrogen-bond donors (Lipinski definition) is 0. The number of rotatable bonds is 14. The Bertz CT molecular complexity index is 751. The zero-order chi connectivity index (χ0) is 26.4. The molecule has 210 valence electrons. The van der Waals surface area contributed by atoms with Gasteiger partial charge in [0.05, 0.1) is 52.9 Å². The van der Waals surface area contributed by atoms with E-state index < -0.39 is 5.60 Å². The van der Waals surface area contributed by atoms with Gasteiger partial charge in [-0.2, -0.15) is 0 Å². The van der Waals surface area contributed by atoms with Crippen LogP contribution in [0.1, 0.15) is 52.0 Å². The molecule has 8 nitrogen and oxygen atoms in total. The molecule has 0 radical (unpaired) electrons. The Morgan fingerprint density at radius 3 is 1.84 bits per heavy atom. The van der Waals surface area contributed by atoms with Gasteiger partial charge in [0.15, 0.2) is 0 Å². The first-order chi connectivity index (χ1) is 17.9. The molecule has 2 aliphatic rings. The summed E-state index contributed by atoms with van der Waals surface area (Å²) < 4.78 is 28.0. The molecule has 3 rings (SSSR count). The average Bonchev–Trinajstić information content (AvgIpc) is 2.88. The van der Waals surface area contributed by atoms with Crippen LogP contribution in [0.25, 0.3) is 0 Å². The van der Waals surface area contributed by atoms with Gasteiger partial charge in [-0.25, -0.2) is 4.79 Å². The van der Waals surface area contributed by atoms with Gasteiger partial charge >= 0.3 is 6.09 Å². The Morgan fingerprint density at radius 2 is 1.27 bits per heavy atom. The van der Waals surface area contributed by atoms with Crippen molar-refractivity contribution in [2.24, 2.45) is 5.41 Å². The highest BCUT2D eigenvalue weighted by Gasteiger charge is 2.39. The van der Waals surface area contributed by atoms with E-state index in [1.54, 1.807) is 0 Å². The van der Waals surface area contributed by atoms with Crippen LogP contribution in [0.3, 0.4) is 0 Å². The minimum atomic E-state index is -0.432. The molecular formula is C29H48N2O6. The van der Waals surface area contributed by atoms with Gasteiger partial charge in [0.2, 0.25) is 0 Å². The van der Waals surface area contributed by atoms with Crippen LogP contribution in [0.4, 0.5) is 4.79 Å². The van der Waals surface area contributed by atoms with E-state index in [1.807, 2.05) is 43.9 Å². The van der Waals surface area contributed by atoms with Crippen LogP contribution in [0.5, 0.6) is 0 Å². The summed E-state index contributed by atoms with van der Waals surface area (Å²) >= 11 is 0. The molecule has 8 heteroatoms. The fraction of sp³-hybridized carbons (Fsp3) is 0.759. The summed E-state index contributed by atoms with van der Waals surface area (Å²) in [6.45, 7) is 15.4. The van der Waals surface area contributed by atoms with Gasteiger partial charge < -0.3 is 33.5 Å². The molecule has 0 aliphatic carbocycles. The van der Waals surface area contributed by atoms with Gasteiger partial charge in [-0.3, -0.25) is 0 Å². The van der Waals surface area contributed by atoms with E-state index in [2.05, 4.69) is 17.0 Å². The maximum absolute atomic E-state index is 12.3. The molecule has 2 saturated heterocycles. The molecule has 0 N–H and O–H groups in total. The Kier molecular flexibility index (Phi) is 12.6. The first kappa shape index (κ1) is 29.8. The van der Waals surface area contributed by atoms with Crippen molar-refractivity contribution in [1.29, 1.82) is 0 Å². The largest absolute Gasteiger partial charge is 0.444 e. The maximum Gasteiger partial charge on any atom is 0.410 e. The zero-order valence-corrected chi connectivity index (χ0v) is 23.3. The van der Waals surface area contributed by atoms with Crippen molar-refractivity contribution in [3.05, 3.63) is 35.9 Å². The smallest absolute Gasteiger partial charge is 0.410 e. The van der Waals surface area contributed by atoms with E-state index >= 15 is 0 Å². The molecule has 37 heavy (non-hydrogen) atoms. The summed E-state index contributed by atoms with van der Waals surface area (Å²) in [7, 11) is 0. The monoisotopic (exact) mass is 520 g/mol. The van der Waals surface area contributed by atoms with Crippen molar-refractivity contribution in [2.75, 3.05) is 79.0 Å². The van der Waals surface area contributed by atoms with Crippen molar-refractivity contribution in [2.45, 2.75) is 58.7 Å². The zero-order valence-electron chi connectivity index (χ0n) is 23.3. The van der Waals surface area contributed by atoms with Crippen LogP contribution in [0.2, 0.25) is 0 Å². The van der Waals surface area contributed by atoms with Crippen molar-refractivity contribution in [3.8, 4) is 0 Å². The molecule has 0 aromatic heterocycles. The molecule has 0 unspecified atom stereocenters. The van der Waals surface area contributed by atoms with E-state index in [9.17, 15) is 4.79 Å². The topological polar surface area (TPSA) is 69.7 Å². The Hall–Kier alpha value is -1.71. The van der Waals surface area contributed by atoms with Gasteiger partial charge in [0.1, 0.15) is 5.60 Å². The summed E-state index contributed by atoms with van der Waals surface area (Å²) in [6, 6.07) is 10.1. The average molecular weight is 521 g/mol. The maximum atomic E-state index is 12.3. The predicted octanol–water partition coefficient (Wildman–Crippen LogP) is 4.37. The fourth-order valence-corrected chi connectivity index (χ4v) is 4.86. The number of nitrogens with zero attached hydrogens (tertiary/aromatic N) is 2. The number of carbonyl (C=O) groups is 1. The summed E-state index contributed by atoms with van der Waals surface area (Å²) in [4.78, 5) is 16.7. The van der Waals surface area contributed by atoms with E-state index in [4.69, 9.17) is 23.7 Å². The lowest BCUT2D eigenvalue weighted by atomic mass is 9.71. The highest BCUT2D eigenvalue weighted by molar-refractivity contribution is 5.68. The minimum absolute atomic E-state index is 0.169.